The van der Waals surface area contributed by atoms with Gasteiger partial charge in [-0.15, -0.1) is 0 Å². The second-order valence-corrected chi connectivity index (χ2v) is 10.0. The summed E-state index contributed by atoms with van der Waals surface area (Å²) in [5.74, 6) is -6.62. The number of anilines is 2. The summed E-state index contributed by atoms with van der Waals surface area (Å²) in [5, 5.41) is 9.08. The quantitative estimate of drug-likeness (QED) is 0.443. The van der Waals surface area contributed by atoms with Crippen LogP contribution in [0.2, 0.25) is 0 Å². The maximum Gasteiger partial charge on any atom is 0.271 e. The summed E-state index contributed by atoms with van der Waals surface area (Å²) in [4.78, 5) is 44.0. The van der Waals surface area contributed by atoms with Crippen LogP contribution in [0.5, 0.6) is 0 Å². The Balaban J connectivity index is 2.17. The van der Waals surface area contributed by atoms with Gasteiger partial charge in [0.05, 0.1) is 23.0 Å². The van der Waals surface area contributed by atoms with E-state index in [9.17, 15) is 28.4 Å². The predicted octanol–water partition coefficient (Wildman–Crippen LogP) is 3.49. The lowest BCUT2D eigenvalue weighted by atomic mass is 10.0. The van der Waals surface area contributed by atoms with E-state index in [2.05, 4.69) is 11.6 Å². The third kappa shape index (κ3) is 6.21. The highest BCUT2D eigenvalue weighted by Crippen LogP contribution is 2.39. The maximum absolute atomic E-state index is 15.5. The topological polar surface area (TPSA) is 134 Å². The molecule has 0 spiro atoms. The van der Waals surface area contributed by atoms with Crippen molar-refractivity contribution in [2.75, 3.05) is 23.0 Å². The Morgan fingerprint density at radius 2 is 1.90 bits per heavy atom. The molecule has 0 radical (unpaired) electrons. The van der Waals surface area contributed by atoms with E-state index >= 15 is 4.39 Å². The Morgan fingerprint density at radius 3 is 2.46 bits per heavy atom. The fourth-order valence-corrected chi connectivity index (χ4v) is 4.61. The highest BCUT2D eigenvalue weighted by atomic mass is 32.1. The van der Waals surface area contributed by atoms with Crippen LogP contribution in [-0.4, -0.2) is 46.2 Å². The van der Waals surface area contributed by atoms with Gasteiger partial charge in [0.15, 0.2) is 16.4 Å². The largest absolute Gasteiger partial charge is 0.368 e. The van der Waals surface area contributed by atoms with E-state index in [1.54, 1.807) is 13.0 Å². The molecule has 2 N–H and O–H groups in total. The molecular weight excluding hydrogens is 561 g/mol. The monoisotopic (exact) mass is 588 g/mol. The molecule has 216 valence electrons. The number of halogens is 3. The van der Waals surface area contributed by atoms with Crippen molar-refractivity contribution in [2.45, 2.75) is 45.6 Å². The normalized spacial score (nSPS) is 15.3. The summed E-state index contributed by atoms with van der Waals surface area (Å²) in [6.07, 6.45) is 1.54. The Labute approximate surface area is 239 Å². The van der Waals surface area contributed by atoms with Crippen molar-refractivity contribution < 1.29 is 32.3 Å². The highest BCUT2D eigenvalue weighted by Gasteiger charge is 2.51. The number of nitrogens with two attached hydrogens (primary N) is 1. The van der Waals surface area contributed by atoms with Gasteiger partial charge in [0, 0.05) is 30.4 Å². The number of ether oxygens (including phenoxy) is 1. The first kappa shape index (κ1) is 31.2. The summed E-state index contributed by atoms with van der Waals surface area (Å²) in [6.45, 7) is 7.82. The summed E-state index contributed by atoms with van der Waals surface area (Å²) < 4.78 is 49.9. The van der Waals surface area contributed by atoms with E-state index < -0.39 is 59.3 Å². The molecule has 1 saturated heterocycles. The lowest BCUT2D eigenvalue weighted by molar-refractivity contribution is -0.122. The fourth-order valence-electron chi connectivity index (χ4n) is 4.09. The average molecular weight is 589 g/mol. The Bertz CT molecular complexity index is 1570. The molecule has 1 aliphatic heterocycles. The molecule has 14 heteroatoms. The Hall–Kier alpha value is -4.35. The SMILES string of the molecule is C=C(CC)N=c1c(F)cc(N2C(=S)N(c3ccc(C#N)c(C(C)(F)F)c3)C(=O)C2(C)C)cn1C(=O)COCC(N)=O. The van der Waals surface area contributed by atoms with Gasteiger partial charge in [-0.05, 0) is 50.7 Å². The van der Waals surface area contributed by atoms with Crippen molar-refractivity contribution in [3.05, 3.63) is 65.2 Å². The first-order valence-corrected chi connectivity index (χ1v) is 12.6. The molecule has 2 amide bonds. The standard InChI is InChI=1S/C27H27F3N6O4S/c1-6-15(2)33-23-20(28)10-18(12-34(23)22(38)14-40-13-21(32)37)36-25(41)35(24(39)26(36,3)4)17-8-7-16(11-31)19(9-17)27(5,29)30/h7-10,12H,2,6,13-14H2,1,3-5H3,(H2,32,37). The number of thiocarbonyl (C=S) groups is 1. The van der Waals surface area contributed by atoms with Crippen molar-refractivity contribution in [1.82, 2.24) is 4.57 Å². The summed E-state index contributed by atoms with van der Waals surface area (Å²) >= 11 is 5.57. The van der Waals surface area contributed by atoms with Crippen molar-refractivity contribution in [1.29, 1.82) is 5.26 Å². The first-order valence-electron chi connectivity index (χ1n) is 12.2. The van der Waals surface area contributed by atoms with Crippen molar-refractivity contribution in [2.24, 2.45) is 10.7 Å². The number of nitriles is 1. The molecule has 0 atom stereocenters. The number of alkyl halides is 2. The van der Waals surface area contributed by atoms with Crippen LogP contribution in [0.15, 0.2) is 47.7 Å². The number of rotatable bonds is 9. The number of allylic oxidation sites excluding steroid dienone is 1. The van der Waals surface area contributed by atoms with Gasteiger partial charge in [-0.3, -0.25) is 23.9 Å². The number of hydrogen-bond donors (Lipinski definition) is 1. The second-order valence-electron chi connectivity index (χ2n) is 9.67. The molecule has 3 rings (SSSR count). The molecular formula is C27H27F3N6O4S. The van der Waals surface area contributed by atoms with Crippen LogP contribution in [0.25, 0.3) is 0 Å². The second kappa shape index (κ2) is 11.6. The fraction of sp³-hybridized carbons (Fsp3) is 0.333. The van der Waals surface area contributed by atoms with Crippen LogP contribution < -0.4 is 21.0 Å². The van der Waals surface area contributed by atoms with Crippen LogP contribution in [0, 0.1) is 17.1 Å². The Kier molecular flexibility index (Phi) is 8.85. The number of benzene rings is 1. The smallest absolute Gasteiger partial charge is 0.271 e. The molecule has 0 unspecified atom stereocenters. The molecule has 0 aliphatic carbocycles. The van der Waals surface area contributed by atoms with Crippen LogP contribution in [0.3, 0.4) is 0 Å². The van der Waals surface area contributed by atoms with Crippen molar-refractivity contribution in [3.63, 3.8) is 0 Å². The molecule has 0 bridgehead atoms. The van der Waals surface area contributed by atoms with Gasteiger partial charge in [0.1, 0.15) is 18.8 Å². The summed E-state index contributed by atoms with van der Waals surface area (Å²) in [6, 6.07) is 6.18. The number of amides is 2. The van der Waals surface area contributed by atoms with Crippen LogP contribution in [-0.2, 0) is 20.2 Å². The summed E-state index contributed by atoms with van der Waals surface area (Å²) in [5.41, 5.74) is 2.50. The number of nitrogens with zero attached hydrogens (tertiary/aromatic N) is 5. The number of pyridine rings is 1. The lowest BCUT2D eigenvalue weighted by Gasteiger charge is -2.30. The lowest BCUT2D eigenvalue weighted by Crippen LogP contribution is -2.45. The first-order chi connectivity index (χ1) is 19.0. The minimum atomic E-state index is -3.39. The summed E-state index contributed by atoms with van der Waals surface area (Å²) in [7, 11) is 0. The van der Waals surface area contributed by atoms with Crippen LogP contribution in [0.1, 0.15) is 50.0 Å². The molecule has 2 aromatic rings. The van der Waals surface area contributed by atoms with E-state index in [0.717, 1.165) is 27.7 Å². The van der Waals surface area contributed by atoms with Gasteiger partial charge < -0.3 is 15.4 Å². The van der Waals surface area contributed by atoms with Crippen molar-refractivity contribution >= 4 is 46.4 Å². The van der Waals surface area contributed by atoms with E-state index in [1.807, 2.05) is 0 Å². The van der Waals surface area contributed by atoms with E-state index in [4.69, 9.17) is 22.7 Å². The third-order valence-electron chi connectivity index (χ3n) is 6.17. The van der Waals surface area contributed by atoms with Gasteiger partial charge in [-0.2, -0.15) is 5.26 Å². The number of carbonyl (C=O) groups is 3. The molecule has 1 aromatic carbocycles. The minimum absolute atomic E-state index is 0.0266. The van der Waals surface area contributed by atoms with Gasteiger partial charge in [0.25, 0.3) is 17.7 Å². The zero-order valence-electron chi connectivity index (χ0n) is 22.7. The van der Waals surface area contributed by atoms with Gasteiger partial charge in [-0.25, -0.2) is 18.2 Å². The highest BCUT2D eigenvalue weighted by molar-refractivity contribution is 7.81. The van der Waals surface area contributed by atoms with Gasteiger partial charge in [-0.1, -0.05) is 13.5 Å². The number of hydrogen-bond acceptors (Lipinski definition) is 7. The van der Waals surface area contributed by atoms with Crippen LogP contribution in [0.4, 0.5) is 24.5 Å². The zero-order valence-corrected chi connectivity index (χ0v) is 23.5. The predicted molar refractivity (Wildman–Crippen MR) is 147 cm³/mol. The van der Waals surface area contributed by atoms with Crippen molar-refractivity contribution in [3.8, 4) is 6.07 Å². The number of aromatic nitrogens is 1. The van der Waals surface area contributed by atoms with Gasteiger partial charge >= 0.3 is 0 Å². The maximum atomic E-state index is 15.5. The average Bonchev–Trinajstić information content (AvgIpc) is 3.06. The molecule has 2 heterocycles. The molecule has 0 saturated carbocycles. The van der Waals surface area contributed by atoms with Crippen LogP contribution >= 0.6 is 12.2 Å². The number of carbonyl (C=O) groups excluding carboxylic acids is 3. The number of primary amides is 1. The van der Waals surface area contributed by atoms with E-state index in [0.29, 0.717) is 13.3 Å². The molecule has 10 nitrogen and oxygen atoms in total. The zero-order chi connectivity index (χ0) is 30.9. The molecule has 1 aromatic heterocycles. The minimum Gasteiger partial charge on any atom is -0.368 e. The van der Waals surface area contributed by atoms with E-state index in [-0.39, 0.29) is 27.7 Å². The molecule has 1 aliphatic rings. The van der Waals surface area contributed by atoms with Gasteiger partial charge in [0.2, 0.25) is 5.91 Å². The van der Waals surface area contributed by atoms with E-state index in [1.165, 1.54) is 31.0 Å². The third-order valence-corrected chi connectivity index (χ3v) is 6.53. The Morgan fingerprint density at radius 1 is 1.24 bits per heavy atom. The molecule has 41 heavy (non-hydrogen) atoms. The molecule has 1 fully saturated rings.